The van der Waals surface area contributed by atoms with Crippen LogP contribution in [0.4, 0.5) is 4.79 Å². The summed E-state index contributed by atoms with van der Waals surface area (Å²) in [6.07, 6.45) is 3.91. The molecule has 49 heavy (non-hydrogen) atoms. The molecule has 2 saturated carbocycles. The van der Waals surface area contributed by atoms with Crippen LogP contribution in [0.15, 0.2) is 60.9 Å². The lowest BCUT2D eigenvalue weighted by atomic mass is 9.94. The van der Waals surface area contributed by atoms with Gasteiger partial charge in [0.25, 0.3) is 0 Å². The van der Waals surface area contributed by atoms with Gasteiger partial charge >= 0.3 is 6.03 Å². The predicted octanol–water partition coefficient (Wildman–Crippen LogP) is 4.16. The number of ether oxygens (including phenoxy) is 2. The Bertz CT molecular complexity index is 1530. The summed E-state index contributed by atoms with van der Waals surface area (Å²) in [6, 6.07) is 15.8. The molecule has 7 N–H and O–H groups in total. The number of benzene rings is 2. The predicted molar refractivity (Wildman–Crippen MR) is 185 cm³/mol. The maximum Gasteiger partial charge on any atom is 0.314 e. The van der Waals surface area contributed by atoms with Crippen LogP contribution >= 0.6 is 11.6 Å². The van der Waals surface area contributed by atoms with Crippen molar-refractivity contribution in [2.24, 2.45) is 0 Å². The second kappa shape index (κ2) is 17.1. The Balaban J connectivity index is 1.09. The lowest BCUT2D eigenvalue weighted by Gasteiger charge is -2.25. The molecule has 3 aromatic rings. The number of nitrogens with zero attached hydrogens (tertiary/aromatic N) is 1. The minimum atomic E-state index is -1.74. The normalized spacial score (nSPS) is 18.2. The van der Waals surface area contributed by atoms with Crippen molar-refractivity contribution in [3.05, 3.63) is 82.6 Å². The molecule has 11 nitrogen and oxygen atoms in total. The van der Waals surface area contributed by atoms with Gasteiger partial charge in [-0.05, 0) is 79.3 Å². The maximum atomic E-state index is 12.1. The largest absolute Gasteiger partial charge is 0.490 e. The molecule has 266 valence electrons. The molecule has 2 aliphatic rings. The highest BCUT2D eigenvalue weighted by Gasteiger charge is 2.48. The summed E-state index contributed by atoms with van der Waals surface area (Å²) < 4.78 is 12.9. The van der Waals surface area contributed by atoms with Crippen LogP contribution in [0.25, 0.3) is 11.1 Å². The van der Waals surface area contributed by atoms with Gasteiger partial charge in [0.1, 0.15) is 24.1 Å². The van der Waals surface area contributed by atoms with E-state index in [0.717, 1.165) is 78.5 Å². The van der Waals surface area contributed by atoms with E-state index in [4.69, 9.17) is 26.2 Å². The lowest BCUT2D eigenvalue weighted by molar-refractivity contribution is -0.113. The Morgan fingerprint density at radius 1 is 1.00 bits per heavy atom. The first-order valence-corrected chi connectivity index (χ1v) is 17.5. The van der Waals surface area contributed by atoms with E-state index < -0.39 is 42.7 Å². The first-order valence-electron chi connectivity index (χ1n) is 17.1. The molecule has 0 aliphatic heterocycles. The van der Waals surface area contributed by atoms with Crippen LogP contribution in [0.2, 0.25) is 5.02 Å². The number of unbranched alkanes of at least 4 members (excludes halogenated alkanes) is 1. The van der Waals surface area contributed by atoms with E-state index in [-0.39, 0.29) is 12.5 Å². The number of aromatic nitrogens is 1. The second-order valence-electron chi connectivity index (χ2n) is 13.2. The first-order chi connectivity index (χ1) is 23.6. The molecule has 0 spiro atoms. The molecule has 5 rings (SSSR count). The number of carbonyl (C=O) groups is 1. The average Bonchev–Trinajstić information content (AvgIpc) is 4.07. The Kier molecular flexibility index (Phi) is 12.9. The zero-order valence-corrected chi connectivity index (χ0v) is 28.6. The van der Waals surface area contributed by atoms with E-state index in [0.29, 0.717) is 24.3 Å². The number of aliphatic hydroxyl groups excluding tert-OH is 5. The fraction of sp³-hybridized carbons (Fsp3) is 0.514. The minimum Gasteiger partial charge on any atom is -0.490 e. The molecule has 2 fully saturated rings. The van der Waals surface area contributed by atoms with Crippen LogP contribution in [-0.2, 0) is 16.9 Å². The van der Waals surface area contributed by atoms with Crippen molar-refractivity contribution in [1.82, 2.24) is 15.6 Å². The van der Waals surface area contributed by atoms with Crippen molar-refractivity contribution in [2.75, 3.05) is 19.7 Å². The van der Waals surface area contributed by atoms with Gasteiger partial charge in [0.15, 0.2) is 0 Å². The Hall–Kier alpha value is -3.29. The standard InChI is InChI=1S/C37H48ClN3O8/c1-23(6-4-5-16-40-36(47)41-20-31(43)34(45)35(46)32(44)21-42)24-9-12-30(38)25(18-24)22-48-37(14-15-37)29-19-39-17-13-27(29)28-7-2-3-8-33(28)49-26-10-11-26/h2-3,7-9,12-13,17-19,23,26,31-32,34-35,42-46H,4-6,10-11,14-16,20-22H2,1H3,(H2,40,41,47)/t23-,31+,32-,34-,35-/m1/s1. The third-order valence-electron chi connectivity index (χ3n) is 9.30. The zero-order valence-electron chi connectivity index (χ0n) is 27.8. The number of pyridine rings is 1. The molecule has 1 heterocycles. The van der Waals surface area contributed by atoms with Crippen LogP contribution in [0.5, 0.6) is 5.75 Å². The first kappa shape index (κ1) is 37.0. The highest BCUT2D eigenvalue weighted by molar-refractivity contribution is 6.31. The topological polar surface area (TPSA) is 174 Å². The number of hydrogen-bond donors (Lipinski definition) is 7. The Morgan fingerprint density at radius 2 is 1.76 bits per heavy atom. The number of carbonyl (C=O) groups excluding carboxylic acids is 1. The molecular weight excluding hydrogens is 650 g/mol. The third kappa shape index (κ3) is 9.91. The van der Waals surface area contributed by atoms with Gasteiger partial charge in [-0.25, -0.2) is 4.79 Å². The van der Waals surface area contributed by atoms with Gasteiger partial charge < -0.3 is 45.6 Å². The van der Waals surface area contributed by atoms with E-state index in [1.807, 2.05) is 48.8 Å². The van der Waals surface area contributed by atoms with E-state index in [1.165, 1.54) is 0 Å². The number of rotatable bonds is 19. The summed E-state index contributed by atoms with van der Waals surface area (Å²) in [7, 11) is 0. The number of halogens is 1. The monoisotopic (exact) mass is 697 g/mol. The number of nitrogens with one attached hydrogen (secondary N) is 2. The maximum absolute atomic E-state index is 12.1. The average molecular weight is 698 g/mol. The molecule has 0 saturated heterocycles. The molecule has 2 amide bonds. The summed E-state index contributed by atoms with van der Waals surface area (Å²) in [5.74, 6) is 1.15. The SMILES string of the molecule is C[C@H](CCCCNC(=O)NC[C@H](O)[C@@H](O)[C@H](O)[C@H](O)CO)c1ccc(Cl)c(COC2(c3cnccc3-c3ccccc3OC3CC3)CC2)c1. The Labute approximate surface area is 292 Å². The molecule has 12 heteroatoms. The van der Waals surface area contributed by atoms with E-state index in [2.05, 4.69) is 34.7 Å². The minimum absolute atomic E-state index is 0.255. The van der Waals surface area contributed by atoms with Crippen molar-refractivity contribution in [1.29, 1.82) is 0 Å². The summed E-state index contributed by atoms with van der Waals surface area (Å²) in [5, 5.41) is 53.6. The van der Waals surface area contributed by atoms with Crippen molar-refractivity contribution < 1.29 is 39.8 Å². The van der Waals surface area contributed by atoms with Crippen molar-refractivity contribution >= 4 is 17.6 Å². The van der Waals surface area contributed by atoms with Gasteiger partial charge in [-0.2, -0.15) is 0 Å². The van der Waals surface area contributed by atoms with Crippen molar-refractivity contribution in [3.8, 4) is 16.9 Å². The smallest absolute Gasteiger partial charge is 0.314 e. The molecule has 0 bridgehead atoms. The van der Waals surface area contributed by atoms with Gasteiger partial charge in [-0.1, -0.05) is 55.3 Å². The van der Waals surface area contributed by atoms with Crippen molar-refractivity contribution in [2.45, 2.75) is 101 Å². The summed E-state index contributed by atoms with van der Waals surface area (Å²) in [5.41, 5.74) is 4.86. The van der Waals surface area contributed by atoms with Gasteiger partial charge in [0.2, 0.25) is 0 Å². The summed E-state index contributed by atoms with van der Waals surface area (Å²) >= 11 is 6.65. The van der Waals surface area contributed by atoms with Crippen LogP contribution in [0.1, 0.15) is 74.5 Å². The van der Waals surface area contributed by atoms with Crippen LogP contribution in [-0.4, -0.2) is 86.8 Å². The number of hydrogen-bond acceptors (Lipinski definition) is 9. The van der Waals surface area contributed by atoms with E-state index in [1.54, 1.807) is 0 Å². The fourth-order valence-corrected chi connectivity index (χ4v) is 6.04. The number of para-hydroxylation sites is 1. The molecule has 1 aromatic heterocycles. The van der Waals surface area contributed by atoms with Gasteiger partial charge in [-0.15, -0.1) is 0 Å². The second-order valence-corrected chi connectivity index (χ2v) is 13.6. The van der Waals surface area contributed by atoms with Crippen LogP contribution < -0.4 is 15.4 Å². The molecule has 2 aromatic carbocycles. The van der Waals surface area contributed by atoms with E-state index >= 15 is 0 Å². The zero-order chi connectivity index (χ0) is 35.0. The molecule has 5 atom stereocenters. The van der Waals surface area contributed by atoms with Crippen LogP contribution in [0.3, 0.4) is 0 Å². The number of aliphatic hydroxyl groups is 5. The number of amides is 2. The highest BCUT2D eigenvalue weighted by atomic mass is 35.5. The molecular formula is C37H48ClN3O8. The van der Waals surface area contributed by atoms with E-state index in [9.17, 15) is 25.2 Å². The summed E-state index contributed by atoms with van der Waals surface area (Å²) in [6.45, 7) is 1.84. The quantitative estimate of drug-likeness (QED) is 0.0908. The molecule has 2 aliphatic carbocycles. The van der Waals surface area contributed by atoms with Gasteiger partial charge in [-0.3, -0.25) is 4.98 Å². The van der Waals surface area contributed by atoms with Crippen LogP contribution in [0, 0.1) is 0 Å². The van der Waals surface area contributed by atoms with Gasteiger partial charge in [0, 0.05) is 41.6 Å². The molecule has 0 unspecified atom stereocenters. The van der Waals surface area contributed by atoms with Crippen molar-refractivity contribution in [3.63, 3.8) is 0 Å². The Morgan fingerprint density at radius 3 is 2.49 bits per heavy atom. The summed E-state index contributed by atoms with van der Waals surface area (Å²) in [4.78, 5) is 16.6. The lowest BCUT2D eigenvalue weighted by Crippen LogP contribution is -2.50. The van der Waals surface area contributed by atoms with Gasteiger partial charge in [0.05, 0.1) is 31.0 Å². The third-order valence-corrected chi connectivity index (χ3v) is 9.67. The number of urea groups is 1. The fourth-order valence-electron chi connectivity index (χ4n) is 5.87. The molecule has 0 radical (unpaired) electrons. The highest BCUT2D eigenvalue weighted by Crippen LogP contribution is 2.53.